The van der Waals surface area contributed by atoms with Crippen molar-refractivity contribution < 1.29 is 46.1 Å². The maximum atomic E-state index is 11.7. The highest BCUT2D eigenvalue weighted by molar-refractivity contribution is 7.17. The largest absolute Gasteiger partial charge is 0.490 e. The number of rotatable bonds is 1. The zero-order valence-electron chi connectivity index (χ0n) is 14.2. The molecular weight excluding hydrogens is 448 g/mol. The van der Waals surface area contributed by atoms with Gasteiger partial charge in [-0.1, -0.05) is 0 Å². The van der Waals surface area contributed by atoms with Gasteiger partial charge in [-0.05, 0) is 17.7 Å². The molecule has 0 aliphatic carbocycles. The summed E-state index contributed by atoms with van der Waals surface area (Å²) in [7, 11) is 0. The third kappa shape index (κ3) is 7.16. The average molecular weight is 457 g/mol. The zero-order valence-corrected chi connectivity index (χ0v) is 15.0. The number of carboxylic acid groups (broad SMARTS) is 2. The van der Waals surface area contributed by atoms with Gasteiger partial charge in [0, 0.05) is 23.3 Å². The molecule has 3 aromatic rings. The summed E-state index contributed by atoms with van der Waals surface area (Å²) in [5.41, 5.74) is 1.79. The first kappa shape index (κ1) is 24.5. The molecule has 3 rings (SSSR count). The topological polar surface area (TPSA) is 133 Å². The van der Waals surface area contributed by atoms with Crippen LogP contribution in [0.4, 0.5) is 26.3 Å². The number of carboxylic acids is 2. The van der Waals surface area contributed by atoms with E-state index in [4.69, 9.17) is 19.8 Å². The van der Waals surface area contributed by atoms with Crippen LogP contribution in [0.25, 0.3) is 21.2 Å². The molecule has 3 aromatic heterocycles. The average Bonchev–Trinajstić information content (AvgIpc) is 3.07. The highest BCUT2D eigenvalue weighted by Crippen LogP contribution is 2.30. The molecule has 0 radical (unpaired) electrons. The lowest BCUT2D eigenvalue weighted by atomic mass is 10.1. The first-order chi connectivity index (χ1) is 13.7. The Labute approximate surface area is 165 Å². The van der Waals surface area contributed by atoms with Crippen molar-refractivity contribution in [2.45, 2.75) is 12.4 Å². The Morgan fingerprint density at radius 3 is 1.87 bits per heavy atom. The number of nitrogens with zero attached hydrogens (tertiary/aromatic N) is 2. The predicted molar refractivity (Wildman–Crippen MR) is 90.9 cm³/mol. The standard InChI is InChI=1S/C11H7N3OS.2C2HF3O2/c15-11-10-8(7-1-3-12-4-2-7)6-16-9(10)5-13-14-11;2*3-2(4,5)1(6)7/h1-6H,(H,14,15);2*(H,6,7). The molecule has 0 bridgehead atoms. The van der Waals surface area contributed by atoms with E-state index in [9.17, 15) is 31.1 Å². The Bertz CT molecular complexity index is 1040. The molecule has 0 spiro atoms. The van der Waals surface area contributed by atoms with Gasteiger partial charge in [-0.3, -0.25) is 9.78 Å². The van der Waals surface area contributed by atoms with Crippen molar-refractivity contribution in [2.24, 2.45) is 0 Å². The third-order valence-electron chi connectivity index (χ3n) is 2.87. The van der Waals surface area contributed by atoms with E-state index >= 15 is 0 Å². The Morgan fingerprint density at radius 1 is 0.967 bits per heavy atom. The highest BCUT2D eigenvalue weighted by atomic mass is 32.1. The van der Waals surface area contributed by atoms with Crippen LogP contribution in [-0.4, -0.2) is 49.7 Å². The van der Waals surface area contributed by atoms with Gasteiger partial charge in [-0.2, -0.15) is 31.4 Å². The van der Waals surface area contributed by atoms with Crippen molar-refractivity contribution in [2.75, 3.05) is 0 Å². The molecule has 0 unspecified atom stereocenters. The monoisotopic (exact) mass is 457 g/mol. The van der Waals surface area contributed by atoms with E-state index in [0.717, 1.165) is 15.8 Å². The Balaban J connectivity index is 0.000000271. The molecule has 0 amide bonds. The summed E-state index contributed by atoms with van der Waals surface area (Å²) in [5, 5.41) is 23.2. The maximum absolute atomic E-state index is 11.7. The normalized spacial score (nSPS) is 11.0. The number of aromatic nitrogens is 3. The second-order valence-corrected chi connectivity index (χ2v) is 5.84. The molecule has 15 heteroatoms. The Hall–Kier alpha value is -3.49. The van der Waals surface area contributed by atoms with Crippen LogP contribution in [0.1, 0.15) is 0 Å². The van der Waals surface area contributed by atoms with Crippen LogP contribution < -0.4 is 5.56 Å². The number of aliphatic carboxylic acids is 2. The number of alkyl halides is 6. The molecule has 0 aliphatic heterocycles. The Morgan fingerprint density at radius 2 is 1.43 bits per heavy atom. The second-order valence-electron chi connectivity index (χ2n) is 4.93. The zero-order chi connectivity index (χ0) is 23.1. The number of aromatic amines is 1. The van der Waals surface area contributed by atoms with Crippen LogP contribution in [0, 0.1) is 0 Å². The number of halogens is 6. The highest BCUT2D eigenvalue weighted by Gasteiger charge is 2.38. The van der Waals surface area contributed by atoms with Crippen molar-refractivity contribution in [3.8, 4) is 11.1 Å². The fourth-order valence-corrected chi connectivity index (χ4v) is 2.58. The first-order valence-corrected chi connectivity index (χ1v) is 8.08. The SMILES string of the molecule is O=C(O)C(F)(F)F.O=C(O)C(F)(F)F.O=c1[nH]ncc2scc(-c3ccncc3)c12. The molecule has 162 valence electrons. The third-order valence-corrected chi connectivity index (χ3v) is 3.79. The van der Waals surface area contributed by atoms with Crippen LogP contribution >= 0.6 is 11.3 Å². The molecule has 0 fully saturated rings. The van der Waals surface area contributed by atoms with Gasteiger partial charge < -0.3 is 10.2 Å². The van der Waals surface area contributed by atoms with E-state index in [0.29, 0.717) is 5.39 Å². The van der Waals surface area contributed by atoms with Crippen molar-refractivity contribution >= 4 is 33.4 Å². The van der Waals surface area contributed by atoms with E-state index in [1.54, 1.807) is 18.6 Å². The molecule has 0 saturated carbocycles. The van der Waals surface area contributed by atoms with E-state index in [-0.39, 0.29) is 5.56 Å². The molecule has 30 heavy (non-hydrogen) atoms. The number of hydrogen-bond acceptors (Lipinski definition) is 6. The number of pyridine rings is 1. The number of H-pyrrole nitrogens is 1. The van der Waals surface area contributed by atoms with Crippen molar-refractivity contribution in [1.29, 1.82) is 0 Å². The van der Waals surface area contributed by atoms with Gasteiger partial charge in [0.15, 0.2) is 0 Å². The number of thiophene rings is 1. The molecule has 0 aromatic carbocycles. The van der Waals surface area contributed by atoms with Crippen molar-refractivity contribution in [3.05, 3.63) is 46.5 Å². The molecule has 3 N–H and O–H groups in total. The second kappa shape index (κ2) is 9.82. The molecule has 0 atom stereocenters. The summed E-state index contributed by atoms with van der Waals surface area (Å²) in [6, 6.07) is 3.78. The van der Waals surface area contributed by atoms with Gasteiger partial charge in [0.25, 0.3) is 5.56 Å². The van der Waals surface area contributed by atoms with Crippen LogP contribution in [0.3, 0.4) is 0 Å². The minimum Gasteiger partial charge on any atom is -0.475 e. The summed E-state index contributed by atoms with van der Waals surface area (Å²) in [6.45, 7) is 0. The van der Waals surface area contributed by atoms with E-state index in [2.05, 4.69) is 15.2 Å². The first-order valence-electron chi connectivity index (χ1n) is 7.20. The predicted octanol–water partition coefficient (Wildman–Crippen LogP) is 3.31. The van der Waals surface area contributed by atoms with Crippen LogP contribution in [0.15, 0.2) is 40.9 Å². The fraction of sp³-hybridized carbons (Fsp3) is 0.133. The Kier molecular flexibility index (Phi) is 8.03. The number of hydrogen-bond donors (Lipinski definition) is 3. The maximum Gasteiger partial charge on any atom is 0.490 e. The van der Waals surface area contributed by atoms with Gasteiger partial charge in [-0.25, -0.2) is 14.7 Å². The smallest absolute Gasteiger partial charge is 0.475 e. The van der Waals surface area contributed by atoms with E-state index < -0.39 is 24.3 Å². The summed E-state index contributed by atoms with van der Waals surface area (Å²) >= 11 is 1.52. The number of nitrogens with one attached hydrogen (secondary N) is 1. The number of fused-ring (bicyclic) bond motifs is 1. The summed E-state index contributed by atoms with van der Waals surface area (Å²) < 4.78 is 64.4. The fourth-order valence-electron chi connectivity index (χ4n) is 1.65. The van der Waals surface area contributed by atoms with E-state index in [1.165, 1.54) is 11.3 Å². The lowest BCUT2D eigenvalue weighted by molar-refractivity contribution is -0.193. The molecule has 8 nitrogen and oxygen atoms in total. The minimum atomic E-state index is -5.08. The van der Waals surface area contributed by atoms with Crippen LogP contribution in [0.5, 0.6) is 0 Å². The summed E-state index contributed by atoms with van der Waals surface area (Å²) in [6.07, 6.45) is -5.06. The molecule has 3 heterocycles. The van der Waals surface area contributed by atoms with Gasteiger partial charge in [0.1, 0.15) is 0 Å². The minimum absolute atomic E-state index is 0.148. The van der Waals surface area contributed by atoms with E-state index in [1.807, 2.05) is 17.5 Å². The lowest BCUT2D eigenvalue weighted by Crippen LogP contribution is -2.21. The summed E-state index contributed by atoms with van der Waals surface area (Å²) in [4.78, 5) is 33.5. The van der Waals surface area contributed by atoms with Crippen LogP contribution in [-0.2, 0) is 9.59 Å². The quantitative estimate of drug-likeness (QED) is 0.478. The molecule has 0 aliphatic rings. The molecule has 0 saturated heterocycles. The van der Waals surface area contributed by atoms with Crippen molar-refractivity contribution in [1.82, 2.24) is 15.2 Å². The summed E-state index contributed by atoms with van der Waals surface area (Å²) in [5.74, 6) is -5.51. The lowest BCUT2D eigenvalue weighted by Gasteiger charge is -1.97. The van der Waals surface area contributed by atoms with Gasteiger partial charge in [0.05, 0.1) is 16.3 Å². The van der Waals surface area contributed by atoms with Gasteiger partial charge in [-0.15, -0.1) is 11.3 Å². The van der Waals surface area contributed by atoms with Crippen LogP contribution in [0.2, 0.25) is 0 Å². The van der Waals surface area contributed by atoms with Crippen molar-refractivity contribution in [3.63, 3.8) is 0 Å². The molecular formula is C15H9F6N3O5S. The van der Waals surface area contributed by atoms with Gasteiger partial charge >= 0.3 is 24.3 Å². The van der Waals surface area contributed by atoms with Gasteiger partial charge in [0.2, 0.25) is 0 Å². The number of carbonyl (C=O) groups is 2.